The third kappa shape index (κ3) is 6.50. The van der Waals surface area contributed by atoms with Crippen molar-refractivity contribution in [1.82, 2.24) is 10.3 Å². The van der Waals surface area contributed by atoms with Crippen LogP contribution in [0.3, 0.4) is 0 Å². The predicted molar refractivity (Wildman–Crippen MR) is 124 cm³/mol. The number of nitrogens with one attached hydrogen (secondary N) is 1. The first-order valence-corrected chi connectivity index (χ1v) is 11.2. The van der Waals surface area contributed by atoms with Crippen molar-refractivity contribution in [2.24, 2.45) is 0 Å². The lowest BCUT2D eigenvalue weighted by molar-refractivity contribution is -0.137. The molecule has 0 aliphatic carbocycles. The number of aromatic nitrogens is 1. The van der Waals surface area contributed by atoms with Crippen molar-refractivity contribution in [1.29, 1.82) is 0 Å². The number of hydrogen-bond acceptors (Lipinski definition) is 4. The second kappa shape index (κ2) is 10.6. The molecule has 1 atom stereocenters. The van der Waals surface area contributed by atoms with Crippen molar-refractivity contribution >= 4 is 11.7 Å². The molecule has 5 nitrogen and oxygen atoms in total. The van der Waals surface area contributed by atoms with Gasteiger partial charge in [-0.1, -0.05) is 42.5 Å². The summed E-state index contributed by atoms with van der Waals surface area (Å²) >= 11 is 0. The molecule has 1 aliphatic heterocycles. The lowest BCUT2D eigenvalue weighted by Crippen LogP contribution is -2.37. The van der Waals surface area contributed by atoms with Crippen LogP contribution in [0.25, 0.3) is 0 Å². The molecule has 0 saturated carbocycles. The van der Waals surface area contributed by atoms with Gasteiger partial charge in [0.05, 0.1) is 5.56 Å². The van der Waals surface area contributed by atoms with Crippen LogP contribution in [0, 0.1) is 0 Å². The summed E-state index contributed by atoms with van der Waals surface area (Å²) in [7, 11) is 0. The lowest BCUT2D eigenvalue weighted by Gasteiger charge is -2.18. The van der Waals surface area contributed by atoms with Crippen LogP contribution < -0.4 is 15.0 Å². The Labute approximate surface area is 196 Å². The van der Waals surface area contributed by atoms with E-state index in [9.17, 15) is 18.0 Å². The fourth-order valence-corrected chi connectivity index (χ4v) is 3.92. The molecule has 1 aromatic heterocycles. The Kier molecular flexibility index (Phi) is 7.35. The molecule has 1 N–H and O–H groups in total. The maximum absolute atomic E-state index is 12.7. The Balaban J connectivity index is 1.22. The molecule has 1 unspecified atom stereocenters. The minimum atomic E-state index is -4.40. The first kappa shape index (κ1) is 23.6. The van der Waals surface area contributed by atoms with Crippen molar-refractivity contribution in [3.8, 4) is 5.75 Å². The quantitative estimate of drug-likeness (QED) is 0.504. The first-order valence-electron chi connectivity index (χ1n) is 11.2. The van der Waals surface area contributed by atoms with Crippen molar-refractivity contribution in [3.05, 3.63) is 89.6 Å². The molecule has 0 spiro atoms. The van der Waals surface area contributed by atoms with Gasteiger partial charge in [0.25, 0.3) is 0 Å². The van der Waals surface area contributed by atoms with Crippen LogP contribution in [0.1, 0.15) is 29.5 Å². The van der Waals surface area contributed by atoms with Gasteiger partial charge in [0.15, 0.2) is 0 Å². The number of benzene rings is 2. The van der Waals surface area contributed by atoms with E-state index in [1.165, 1.54) is 6.07 Å². The second-order valence-corrected chi connectivity index (χ2v) is 8.32. The van der Waals surface area contributed by atoms with Crippen molar-refractivity contribution in [3.63, 3.8) is 0 Å². The van der Waals surface area contributed by atoms with Gasteiger partial charge in [-0.25, -0.2) is 4.98 Å². The number of nitrogens with zero attached hydrogens (tertiary/aromatic N) is 2. The summed E-state index contributed by atoms with van der Waals surface area (Å²) in [5, 5.41) is 3.03. The number of carbonyl (C=O) groups is 1. The van der Waals surface area contributed by atoms with E-state index < -0.39 is 11.7 Å². The lowest BCUT2D eigenvalue weighted by atomic mass is 10.1. The zero-order chi connectivity index (χ0) is 24.0. The van der Waals surface area contributed by atoms with Gasteiger partial charge in [-0.3, -0.25) is 4.79 Å². The molecule has 8 heteroatoms. The highest BCUT2D eigenvalue weighted by atomic mass is 19.4. The molecule has 1 aliphatic rings. The molecular formula is C26H26F3N3O2. The number of aryl methyl sites for hydroxylation is 1. The summed E-state index contributed by atoms with van der Waals surface area (Å²) in [6.07, 6.45) is -1.90. The number of carbonyl (C=O) groups excluding carboxylic acids is 1. The summed E-state index contributed by atoms with van der Waals surface area (Å²) in [5.41, 5.74) is 1.34. The SMILES string of the molecule is O=C(CCc1cccc(OCc2ccccc2)c1)NC1CCN(c2ccc(C(F)(F)F)cn2)C1. The number of halogens is 3. The molecule has 1 fully saturated rings. The molecule has 2 heterocycles. The van der Waals surface area contributed by atoms with E-state index in [2.05, 4.69) is 10.3 Å². The normalized spacial score (nSPS) is 15.9. The zero-order valence-corrected chi connectivity index (χ0v) is 18.6. The molecule has 2 aromatic carbocycles. The van der Waals surface area contributed by atoms with Crippen molar-refractivity contribution < 1.29 is 22.7 Å². The van der Waals surface area contributed by atoms with Crippen LogP contribution in [0.5, 0.6) is 5.75 Å². The Hall–Kier alpha value is -3.55. The number of ether oxygens (including phenoxy) is 1. The Bertz CT molecular complexity index is 1090. The number of amides is 1. The average molecular weight is 470 g/mol. The maximum Gasteiger partial charge on any atom is 0.417 e. The highest BCUT2D eigenvalue weighted by Crippen LogP contribution is 2.30. The molecule has 34 heavy (non-hydrogen) atoms. The van der Waals surface area contributed by atoms with Crippen LogP contribution in [-0.4, -0.2) is 30.0 Å². The molecule has 1 saturated heterocycles. The van der Waals surface area contributed by atoms with Crippen LogP contribution in [-0.2, 0) is 24.0 Å². The first-order chi connectivity index (χ1) is 16.4. The van der Waals surface area contributed by atoms with Gasteiger partial charge in [-0.2, -0.15) is 13.2 Å². The van der Waals surface area contributed by atoms with Crippen molar-refractivity contribution in [2.75, 3.05) is 18.0 Å². The number of hydrogen-bond donors (Lipinski definition) is 1. The number of alkyl halides is 3. The summed E-state index contributed by atoms with van der Waals surface area (Å²) in [6, 6.07) is 20.0. The second-order valence-electron chi connectivity index (χ2n) is 8.32. The van der Waals surface area contributed by atoms with Gasteiger partial charge in [0, 0.05) is 31.7 Å². The fraction of sp³-hybridized carbons (Fsp3) is 0.308. The van der Waals surface area contributed by atoms with E-state index in [1.807, 2.05) is 59.5 Å². The summed E-state index contributed by atoms with van der Waals surface area (Å²) in [6.45, 7) is 1.63. The largest absolute Gasteiger partial charge is 0.489 e. The van der Waals surface area contributed by atoms with Gasteiger partial charge in [0.2, 0.25) is 5.91 Å². The highest BCUT2D eigenvalue weighted by molar-refractivity contribution is 5.76. The van der Waals surface area contributed by atoms with Gasteiger partial charge < -0.3 is 15.0 Å². The molecular weight excluding hydrogens is 443 g/mol. The monoisotopic (exact) mass is 469 g/mol. The highest BCUT2D eigenvalue weighted by Gasteiger charge is 2.31. The predicted octanol–water partition coefficient (Wildman–Crippen LogP) is 5.01. The number of rotatable bonds is 8. The fourth-order valence-electron chi connectivity index (χ4n) is 3.92. The van der Waals surface area contributed by atoms with E-state index in [4.69, 9.17) is 4.74 Å². The maximum atomic E-state index is 12.7. The van der Waals surface area contributed by atoms with E-state index >= 15 is 0 Å². The van der Waals surface area contributed by atoms with Gasteiger partial charge >= 0.3 is 6.18 Å². The third-order valence-electron chi connectivity index (χ3n) is 5.74. The Morgan fingerprint density at radius 2 is 1.85 bits per heavy atom. The van der Waals surface area contributed by atoms with Crippen LogP contribution >= 0.6 is 0 Å². The Morgan fingerprint density at radius 1 is 1.06 bits per heavy atom. The van der Waals surface area contributed by atoms with Gasteiger partial charge in [-0.15, -0.1) is 0 Å². The molecule has 4 rings (SSSR count). The minimum Gasteiger partial charge on any atom is -0.489 e. The van der Waals surface area contributed by atoms with Gasteiger partial charge in [-0.05, 0) is 48.2 Å². The number of pyridine rings is 1. The zero-order valence-electron chi connectivity index (χ0n) is 18.6. The van der Waals surface area contributed by atoms with Crippen molar-refractivity contribution in [2.45, 2.75) is 38.1 Å². The van der Waals surface area contributed by atoms with E-state index in [-0.39, 0.29) is 11.9 Å². The van der Waals surface area contributed by atoms with Crippen LogP contribution in [0.2, 0.25) is 0 Å². The van der Waals surface area contributed by atoms with E-state index in [0.717, 1.165) is 35.6 Å². The minimum absolute atomic E-state index is 0.0529. The van der Waals surface area contributed by atoms with E-state index in [1.54, 1.807) is 0 Å². The molecule has 0 radical (unpaired) electrons. The van der Waals surface area contributed by atoms with Crippen LogP contribution in [0.15, 0.2) is 72.9 Å². The molecule has 1 amide bonds. The third-order valence-corrected chi connectivity index (χ3v) is 5.74. The summed E-state index contributed by atoms with van der Waals surface area (Å²) < 4.78 is 44.0. The number of anilines is 1. The van der Waals surface area contributed by atoms with Crippen LogP contribution in [0.4, 0.5) is 19.0 Å². The topological polar surface area (TPSA) is 54.5 Å². The Morgan fingerprint density at radius 3 is 2.59 bits per heavy atom. The molecule has 178 valence electrons. The molecule has 3 aromatic rings. The smallest absolute Gasteiger partial charge is 0.417 e. The summed E-state index contributed by atoms with van der Waals surface area (Å²) in [5.74, 6) is 1.19. The van der Waals surface area contributed by atoms with E-state index in [0.29, 0.717) is 38.4 Å². The summed E-state index contributed by atoms with van der Waals surface area (Å²) in [4.78, 5) is 18.3. The standard InChI is InChI=1S/C26H26F3N3O2/c27-26(28,29)21-10-11-24(30-16-21)32-14-13-22(17-32)31-25(33)12-9-19-7-4-8-23(15-19)34-18-20-5-2-1-3-6-20/h1-8,10-11,15-16,22H,9,12-14,17-18H2,(H,31,33). The molecule has 0 bridgehead atoms. The average Bonchev–Trinajstić information content (AvgIpc) is 3.30. The van der Waals surface area contributed by atoms with Gasteiger partial charge in [0.1, 0.15) is 18.2 Å².